The maximum absolute atomic E-state index is 12.1. The molecular formula is C12H12Cl2INO3. The normalized spacial score (nSPS) is 11.2. The molecule has 0 unspecified atom stereocenters. The lowest BCUT2D eigenvalue weighted by Crippen LogP contribution is -2.45. The van der Waals surface area contributed by atoms with Crippen molar-refractivity contribution in [1.29, 1.82) is 0 Å². The Balaban J connectivity index is 2.99. The Bertz CT molecular complexity index is 532. The third-order valence-electron chi connectivity index (χ3n) is 2.28. The summed E-state index contributed by atoms with van der Waals surface area (Å²) in [6, 6.07) is 3.05. The number of nitrogens with one attached hydrogen (secondary N) is 1. The highest BCUT2D eigenvalue weighted by Gasteiger charge is 2.25. The first-order chi connectivity index (χ1) is 8.62. The fraction of sp³-hybridized carbons (Fsp3) is 0.333. The van der Waals surface area contributed by atoms with E-state index in [9.17, 15) is 9.59 Å². The Morgan fingerprint density at radius 1 is 1.37 bits per heavy atom. The SMILES string of the molecule is CC(C)(CC(=O)O)NC(=O)c1cc(Cl)cc(Cl)c1I. The second-order valence-electron chi connectivity index (χ2n) is 4.66. The number of hydrogen-bond donors (Lipinski definition) is 2. The molecule has 1 aromatic carbocycles. The average Bonchev–Trinajstić information content (AvgIpc) is 2.20. The van der Waals surface area contributed by atoms with Crippen LogP contribution in [0.2, 0.25) is 10.0 Å². The number of rotatable bonds is 4. The highest BCUT2D eigenvalue weighted by Crippen LogP contribution is 2.27. The second-order valence-corrected chi connectivity index (χ2v) is 6.58. The monoisotopic (exact) mass is 415 g/mol. The number of carbonyl (C=O) groups excluding carboxylic acids is 1. The van der Waals surface area contributed by atoms with Gasteiger partial charge < -0.3 is 10.4 Å². The Morgan fingerprint density at radius 3 is 2.47 bits per heavy atom. The number of hydrogen-bond acceptors (Lipinski definition) is 2. The van der Waals surface area contributed by atoms with Gasteiger partial charge in [-0.25, -0.2) is 0 Å². The lowest BCUT2D eigenvalue weighted by atomic mass is 10.00. The fourth-order valence-corrected chi connectivity index (χ4v) is 2.57. The summed E-state index contributed by atoms with van der Waals surface area (Å²) in [4.78, 5) is 22.9. The summed E-state index contributed by atoms with van der Waals surface area (Å²) in [6.45, 7) is 3.27. The third kappa shape index (κ3) is 4.81. The summed E-state index contributed by atoms with van der Waals surface area (Å²) in [7, 11) is 0. The van der Waals surface area contributed by atoms with Crippen LogP contribution in [0, 0.1) is 3.57 Å². The molecule has 0 saturated heterocycles. The van der Waals surface area contributed by atoms with Crippen molar-refractivity contribution in [1.82, 2.24) is 5.32 Å². The van der Waals surface area contributed by atoms with Gasteiger partial charge in [-0.3, -0.25) is 9.59 Å². The molecule has 0 aliphatic heterocycles. The van der Waals surface area contributed by atoms with Crippen molar-refractivity contribution in [2.75, 3.05) is 0 Å². The molecule has 0 fully saturated rings. The summed E-state index contributed by atoms with van der Waals surface area (Å²) < 4.78 is 0.576. The largest absolute Gasteiger partial charge is 0.481 e. The lowest BCUT2D eigenvalue weighted by Gasteiger charge is -2.24. The molecule has 0 atom stereocenters. The van der Waals surface area contributed by atoms with Gasteiger partial charge in [-0.15, -0.1) is 0 Å². The average molecular weight is 416 g/mol. The number of carboxylic acid groups (broad SMARTS) is 1. The Hall–Kier alpha value is -0.530. The summed E-state index contributed by atoms with van der Waals surface area (Å²) in [5.74, 6) is -1.39. The van der Waals surface area contributed by atoms with Gasteiger partial charge in [0.25, 0.3) is 5.91 Å². The van der Waals surface area contributed by atoms with E-state index >= 15 is 0 Å². The Morgan fingerprint density at radius 2 is 1.95 bits per heavy atom. The molecule has 0 heterocycles. The number of amides is 1. The van der Waals surface area contributed by atoms with Gasteiger partial charge in [-0.2, -0.15) is 0 Å². The molecule has 0 spiro atoms. The molecule has 0 radical (unpaired) electrons. The molecular weight excluding hydrogens is 404 g/mol. The van der Waals surface area contributed by atoms with E-state index in [1.165, 1.54) is 6.07 Å². The molecule has 0 aliphatic carbocycles. The first kappa shape index (κ1) is 16.5. The van der Waals surface area contributed by atoms with Crippen molar-refractivity contribution in [3.63, 3.8) is 0 Å². The molecule has 1 aromatic rings. The molecule has 19 heavy (non-hydrogen) atoms. The highest BCUT2D eigenvalue weighted by atomic mass is 127. The number of aliphatic carboxylic acids is 1. The van der Waals surface area contributed by atoms with E-state index in [1.807, 2.05) is 22.6 Å². The van der Waals surface area contributed by atoms with E-state index in [0.29, 0.717) is 19.2 Å². The molecule has 1 rings (SSSR count). The van der Waals surface area contributed by atoms with Crippen LogP contribution in [-0.4, -0.2) is 22.5 Å². The van der Waals surface area contributed by atoms with Gasteiger partial charge in [0.2, 0.25) is 0 Å². The summed E-state index contributed by atoms with van der Waals surface area (Å²) in [5, 5.41) is 12.2. The predicted molar refractivity (Wildman–Crippen MR) is 83.0 cm³/mol. The van der Waals surface area contributed by atoms with Crippen LogP contribution >= 0.6 is 45.8 Å². The predicted octanol–water partition coefficient (Wildman–Crippen LogP) is 3.58. The zero-order chi connectivity index (χ0) is 14.8. The van der Waals surface area contributed by atoms with Gasteiger partial charge >= 0.3 is 5.97 Å². The topological polar surface area (TPSA) is 66.4 Å². The van der Waals surface area contributed by atoms with E-state index in [4.69, 9.17) is 28.3 Å². The molecule has 7 heteroatoms. The van der Waals surface area contributed by atoms with Crippen molar-refractivity contribution in [2.45, 2.75) is 25.8 Å². The number of halogens is 3. The standard InChI is InChI=1S/C12H12Cl2INO3/c1-12(2,5-9(17)18)16-11(19)7-3-6(13)4-8(14)10(7)15/h3-4H,5H2,1-2H3,(H,16,19)(H,17,18). The summed E-state index contributed by atoms with van der Waals surface area (Å²) in [5.41, 5.74) is -0.530. The van der Waals surface area contributed by atoms with Crippen molar-refractivity contribution < 1.29 is 14.7 Å². The van der Waals surface area contributed by atoms with Crippen LogP contribution in [-0.2, 0) is 4.79 Å². The van der Waals surface area contributed by atoms with Gasteiger partial charge in [0.1, 0.15) is 0 Å². The van der Waals surface area contributed by atoms with Crippen LogP contribution in [0.3, 0.4) is 0 Å². The molecule has 1 amide bonds. The Kier molecular flexibility index (Phi) is 5.46. The van der Waals surface area contributed by atoms with Gasteiger partial charge in [0.15, 0.2) is 0 Å². The number of benzene rings is 1. The minimum Gasteiger partial charge on any atom is -0.481 e. The van der Waals surface area contributed by atoms with E-state index < -0.39 is 17.4 Å². The zero-order valence-electron chi connectivity index (χ0n) is 10.3. The van der Waals surface area contributed by atoms with Crippen molar-refractivity contribution >= 4 is 57.7 Å². The van der Waals surface area contributed by atoms with Crippen LogP contribution in [0.25, 0.3) is 0 Å². The Labute approximate surface area is 134 Å². The maximum atomic E-state index is 12.1. The molecule has 0 saturated carbocycles. The van der Waals surface area contributed by atoms with Crippen LogP contribution in [0.15, 0.2) is 12.1 Å². The van der Waals surface area contributed by atoms with E-state index in [2.05, 4.69) is 5.32 Å². The molecule has 2 N–H and O–H groups in total. The summed E-state index contributed by atoms with van der Waals surface area (Å²) >= 11 is 13.8. The minimum atomic E-state index is -0.982. The first-order valence-corrected chi connectivity index (χ1v) is 7.15. The van der Waals surface area contributed by atoms with Crippen LogP contribution in [0.1, 0.15) is 30.6 Å². The first-order valence-electron chi connectivity index (χ1n) is 5.31. The van der Waals surface area contributed by atoms with Crippen LogP contribution in [0.5, 0.6) is 0 Å². The molecule has 104 valence electrons. The minimum absolute atomic E-state index is 0.177. The maximum Gasteiger partial charge on any atom is 0.305 e. The zero-order valence-corrected chi connectivity index (χ0v) is 13.9. The molecule has 4 nitrogen and oxygen atoms in total. The lowest BCUT2D eigenvalue weighted by molar-refractivity contribution is -0.138. The van der Waals surface area contributed by atoms with E-state index in [1.54, 1.807) is 19.9 Å². The molecule has 0 bridgehead atoms. The van der Waals surface area contributed by atoms with Gasteiger partial charge in [0.05, 0.1) is 17.0 Å². The third-order valence-corrected chi connectivity index (χ3v) is 4.28. The van der Waals surface area contributed by atoms with Crippen molar-refractivity contribution in [3.05, 3.63) is 31.3 Å². The van der Waals surface area contributed by atoms with Crippen LogP contribution < -0.4 is 5.32 Å². The van der Waals surface area contributed by atoms with E-state index in [-0.39, 0.29) is 6.42 Å². The second kappa shape index (κ2) is 6.28. The van der Waals surface area contributed by atoms with E-state index in [0.717, 1.165) is 0 Å². The van der Waals surface area contributed by atoms with Crippen molar-refractivity contribution in [3.8, 4) is 0 Å². The van der Waals surface area contributed by atoms with Gasteiger partial charge in [-0.1, -0.05) is 23.2 Å². The molecule has 0 aromatic heterocycles. The quantitative estimate of drug-likeness (QED) is 0.583. The van der Waals surface area contributed by atoms with Gasteiger partial charge in [-0.05, 0) is 48.6 Å². The number of carbonyl (C=O) groups is 2. The molecule has 0 aliphatic rings. The van der Waals surface area contributed by atoms with Crippen LogP contribution in [0.4, 0.5) is 0 Å². The smallest absolute Gasteiger partial charge is 0.305 e. The van der Waals surface area contributed by atoms with Crippen molar-refractivity contribution in [2.24, 2.45) is 0 Å². The highest BCUT2D eigenvalue weighted by molar-refractivity contribution is 14.1. The fourth-order valence-electron chi connectivity index (χ4n) is 1.52. The number of carboxylic acids is 1. The summed E-state index contributed by atoms with van der Waals surface area (Å²) in [6.07, 6.45) is -0.177. The van der Waals surface area contributed by atoms with Gasteiger partial charge in [0, 0.05) is 14.1 Å².